The van der Waals surface area contributed by atoms with Gasteiger partial charge in [-0.3, -0.25) is 9.69 Å². The molecule has 2 fully saturated rings. The van der Waals surface area contributed by atoms with Crippen LogP contribution in [-0.4, -0.2) is 72.5 Å². The van der Waals surface area contributed by atoms with Gasteiger partial charge in [0.05, 0.1) is 0 Å². The topological polar surface area (TPSA) is 26.8 Å². The zero-order valence-corrected chi connectivity index (χ0v) is 22.6. The Bertz CT molecular complexity index is 382. The lowest BCUT2D eigenvalue weighted by Gasteiger charge is -2.43. The Hall–Kier alpha value is -0.610. The van der Waals surface area contributed by atoms with E-state index in [1.165, 1.54) is 64.8 Å². The van der Waals surface area contributed by atoms with Gasteiger partial charge in [0.25, 0.3) is 0 Å². The molecule has 0 aromatic heterocycles. The Morgan fingerprint density at radius 2 is 1.30 bits per heavy atom. The number of rotatable bonds is 5. The summed E-state index contributed by atoms with van der Waals surface area (Å²) in [4.78, 5) is 19.5. The van der Waals surface area contributed by atoms with E-state index in [9.17, 15) is 4.79 Å². The van der Waals surface area contributed by atoms with Crippen molar-refractivity contribution >= 4 is 5.91 Å². The van der Waals surface area contributed by atoms with E-state index >= 15 is 0 Å². The molecule has 0 aromatic carbocycles. The quantitative estimate of drug-likeness (QED) is 0.526. The predicted molar refractivity (Wildman–Crippen MR) is 135 cm³/mol. The number of nitrogens with zero attached hydrogens (tertiary/aromatic N) is 3. The second-order valence-corrected chi connectivity index (χ2v) is 9.00. The molecule has 182 valence electrons. The Kier molecular flexibility index (Phi) is 20.1. The highest BCUT2D eigenvalue weighted by Crippen LogP contribution is 2.27. The van der Waals surface area contributed by atoms with Gasteiger partial charge in [0.15, 0.2) is 0 Å². The standard InChI is InChI=1S/C19H37N3O.C3H8.2C2H6/c1-15(2)14-21-10-12-22(13-11-21)18-8-6-17(7-9-18)20(5)19(23)16(3)4;1-3-2;2*1-2/h15-18H,6-14H2,1-5H3;3H2,1-2H3;2*1-2H3. The van der Waals surface area contributed by atoms with Gasteiger partial charge >= 0.3 is 0 Å². The van der Waals surface area contributed by atoms with E-state index in [0.29, 0.717) is 11.9 Å². The predicted octanol–water partition coefficient (Wildman–Crippen LogP) is 6.15. The molecule has 1 amide bonds. The maximum absolute atomic E-state index is 12.2. The minimum Gasteiger partial charge on any atom is -0.343 e. The highest BCUT2D eigenvalue weighted by atomic mass is 16.2. The molecular formula is C26H57N3O. The monoisotopic (exact) mass is 427 g/mol. The van der Waals surface area contributed by atoms with Gasteiger partial charge in [0, 0.05) is 57.8 Å². The molecule has 4 nitrogen and oxygen atoms in total. The second-order valence-electron chi connectivity index (χ2n) is 9.00. The summed E-state index contributed by atoms with van der Waals surface area (Å²) in [6.45, 7) is 27.0. The molecule has 4 heteroatoms. The average molecular weight is 428 g/mol. The molecular weight excluding hydrogens is 370 g/mol. The third-order valence-corrected chi connectivity index (χ3v) is 5.60. The smallest absolute Gasteiger partial charge is 0.225 e. The molecule has 0 atom stereocenters. The second kappa shape index (κ2) is 19.1. The summed E-state index contributed by atoms with van der Waals surface area (Å²) in [6.07, 6.45) is 6.10. The van der Waals surface area contributed by atoms with Gasteiger partial charge in [-0.05, 0) is 31.6 Å². The molecule has 1 saturated heterocycles. The summed E-state index contributed by atoms with van der Waals surface area (Å²) in [6, 6.07) is 1.21. The van der Waals surface area contributed by atoms with E-state index in [1.807, 2.05) is 53.5 Å². The number of amides is 1. The van der Waals surface area contributed by atoms with Crippen molar-refractivity contribution in [2.45, 2.75) is 113 Å². The molecule has 1 saturated carbocycles. The molecule has 0 bridgehead atoms. The van der Waals surface area contributed by atoms with Crippen molar-refractivity contribution in [2.24, 2.45) is 11.8 Å². The van der Waals surface area contributed by atoms with Crippen molar-refractivity contribution in [1.29, 1.82) is 0 Å². The van der Waals surface area contributed by atoms with E-state index in [1.54, 1.807) is 0 Å². The van der Waals surface area contributed by atoms with Crippen molar-refractivity contribution in [1.82, 2.24) is 14.7 Å². The highest BCUT2D eigenvalue weighted by Gasteiger charge is 2.31. The van der Waals surface area contributed by atoms with Crippen LogP contribution < -0.4 is 0 Å². The van der Waals surface area contributed by atoms with Crippen molar-refractivity contribution in [3.05, 3.63) is 0 Å². The van der Waals surface area contributed by atoms with Gasteiger partial charge in [-0.2, -0.15) is 0 Å². The first kappa shape index (κ1) is 31.6. The molecule has 0 N–H and O–H groups in total. The first-order valence-corrected chi connectivity index (χ1v) is 13.0. The maximum atomic E-state index is 12.2. The van der Waals surface area contributed by atoms with Crippen LogP contribution in [0.25, 0.3) is 0 Å². The van der Waals surface area contributed by atoms with Crippen LogP contribution in [0.4, 0.5) is 0 Å². The van der Waals surface area contributed by atoms with Crippen LogP contribution in [-0.2, 0) is 4.79 Å². The van der Waals surface area contributed by atoms with E-state index in [2.05, 4.69) is 37.5 Å². The van der Waals surface area contributed by atoms with E-state index in [-0.39, 0.29) is 5.92 Å². The lowest BCUT2D eigenvalue weighted by atomic mass is 9.88. The fourth-order valence-corrected chi connectivity index (χ4v) is 4.23. The van der Waals surface area contributed by atoms with Gasteiger partial charge in [-0.1, -0.05) is 75.7 Å². The van der Waals surface area contributed by atoms with E-state index < -0.39 is 0 Å². The Morgan fingerprint density at radius 1 is 0.867 bits per heavy atom. The Labute approximate surface area is 190 Å². The van der Waals surface area contributed by atoms with Crippen LogP contribution in [0, 0.1) is 11.8 Å². The first-order valence-electron chi connectivity index (χ1n) is 13.0. The molecule has 1 aliphatic heterocycles. The van der Waals surface area contributed by atoms with Crippen LogP contribution in [0.5, 0.6) is 0 Å². The number of carbonyl (C=O) groups excluding carboxylic acids is 1. The van der Waals surface area contributed by atoms with Crippen LogP contribution >= 0.6 is 0 Å². The average Bonchev–Trinajstić information content (AvgIpc) is 2.76. The SMILES string of the molecule is CC.CC.CC(C)CN1CCN(C2CCC(N(C)C(=O)C(C)C)CC2)CC1.CCC. The number of carbonyl (C=O) groups is 1. The number of piperazine rings is 1. The van der Waals surface area contributed by atoms with Crippen molar-refractivity contribution in [2.75, 3.05) is 39.8 Å². The Morgan fingerprint density at radius 3 is 1.67 bits per heavy atom. The number of hydrogen-bond donors (Lipinski definition) is 0. The van der Waals surface area contributed by atoms with Gasteiger partial charge in [0.1, 0.15) is 0 Å². The maximum Gasteiger partial charge on any atom is 0.225 e. The fourth-order valence-electron chi connectivity index (χ4n) is 4.23. The summed E-state index contributed by atoms with van der Waals surface area (Å²) >= 11 is 0. The van der Waals surface area contributed by atoms with Crippen LogP contribution in [0.1, 0.15) is 101 Å². The third-order valence-electron chi connectivity index (χ3n) is 5.60. The Balaban J connectivity index is 0. The number of hydrogen-bond acceptors (Lipinski definition) is 3. The van der Waals surface area contributed by atoms with Gasteiger partial charge in [-0.15, -0.1) is 0 Å². The fraction of sp³-hybridized carbons (Fsp3) is 0.962. The lowest BCUT2D eigenvalue weighted by molar-refractivity contribution is -0.136. The molecule has 1 aliphatic carbocycles. The molecule has 2 rings (SSSR count). The highest BCUT2D eigenvalue weighted by molar-refractivity contribution is 5.78. The first-order chi connectivity index (χ1) is 14.3. The van der Waals surface area contributed by atoms with Crippen LogP contribution in [0.2, 0.25) is 0 Å². The summed E-state index contributed by atoms with van der Waals surface area (Å²) in [5, 5.41) is 0. The molecule has 0 radical (unpaired) electrons. The van der Waals surface area contributed by atoms with Crippen molar-refractivity contribution in [3.63, 3.8) is 0 Å². The van der Waals surface area contributed by atoms with Crippen molar-refractivity contribution in [3.8, 4) is 0 Å². The molecule has 0 aromatic rings. The summed E-state index contributed by atoms with van der Waals surface area (Å²) in [5.41, 5.74) is 0. The summed E-state index contributed by atoms with van der Waals surface area (Å²) in [7, 11) is 2.00. The molecule has 30 heavy (non-hydrogen) atoms. The molecule has 2 aliphatic rings. The third kappa shape index (κ3) is 12.3. The molecule has 1 heterocycles. The lowest BCUT2D eigenvalue weighted by Crippen LogP contribution is -2.53. The van der Waals surface area contributed by atoms with Gasteiger partial charge in [-0.25, -0.2) is 0 Å². The van der Waals surface area contributed by atoms with Crippen molar-refractivity contribution < 1.29 is 4.79 Å². The zero-order chi connectivity index (χ0) is 23.7. The normalized spacial score (nSPS) is 22.2. The minimum absolute atomic E-state index is 0.117. The summed E-state index contributed by atoms with van der Waals surface area (Å²) < 4.78 is 0. The minimum atomic E-state index is 0.117. The molecule has 0 spiro atoms. The van der Waals surface area contributed by atoms with E-state index in [0.717, 1.165) is 12.0 Å². The van der Waals surface area contributed by atoms with Crippen LogP contribution in [0.3, 0.4) is 0 Å². The summed E-state index contributed by atoms with van der Waals surface area (Å²) in [5.74, 6) is 1.19. The van der Waals surface area contributed by atoms with Crippen LogP contribution in [0.15, 0.2) is 0 Å². The zero-order valence-electron chi connectivity index (χ0n) is 22.6. The van der Waals surface area contributed by atoms with Gasteiger partial charge in [0.2, 0.25) is 5.91 Å². The van der Waals surface area contributed by atoms with Gasteiger partial charge < -0.3 is 9.80 Å². The molecule has 0 unspecified atom stereocenters. The van der Waals surface area contributed by atoms with E-state index in [4.69, 9.17) is 0 Å². The largest absolute Gasteiger partial charge is 0.343 e.